The van der Waals surface area contributed by atoms with Crippen LogP contribution in [0.3, 0.4) is 0 Å². The number of benzene rings is 1. The van der Waals surface area contributed by atoms with E-state index in [0.717, 1.165) is 4.90 Å². The molecule has 1 aliphatic heterocycles. The SMILES string of the molecule is CN1C(=O)CC(CC(=O)c2ccccc2)C1=O. The van der Waals surface area contributed by atoms with Gasteiger partial charge in [0.2, 0.25) is 11.8 Å². The first-order valence-corrected chi connectivity index (χ1v) is 5.48. The standard InChI is InChI=1S/C13H13NO3/c1-14-12(16)8-10(13(14)17)7-11(15)9-5-3-2-4-6-9/h2-6,10H,7-8H2,1H3. The highest BCUT2D eigenvalue weighted by molar-refractivity contribution is 6.06. The van der Waals surface area contributed by atoms with Crippen LogP contribution in [-0.4, -0.2) is 29.5 Å². The number of ketones is 1. The fourth-order valence-electron chi connectivity index (χ4n) is 1.96. The van der Waals surface area contributed by atoms with Crippen LogP contribution in [0.15, 0.2) is 30.3 Å². The quantitative estimate of drug-likeness (QED) is 0.581. The van der Waals surface area contributed by atoms with Crippen LogP contribution in [-0.2, 0) is 9.59 Å². The molecule has 2 amide bonds. The van der Waals surface area contributed by atoms with E-state index >= 15 is 0 Å². The van der Waals surface area contributed by atoms with Crippen molar-refractivity contribution in [2.75, 3.05) is 7.05 Å². The number of amides is 2. The van der Waals surface area contributed by atoms with Gasteiger partial charge in [0.05, 0.1) is 5.92 Å². The molecule has 1 atom stereocenters. The third kappa shape index (κ3) is 2.25. The first kappa shape index (κ1) is 11.5. The van der Waals surface area contributed by atoms with Gasteiger partial charge in [-0.3, -0.25) is 19.3 Å². The van der Waals surface area contributed by atoms with Gasteiger partial charge in [-0.2, -0.15) is 0 Å². The lowest BCUT2D eigenvalue weighted by molar-refractivity contribution is -0.137. The molecule has 1 aromatic carbocycles. The Morgan fingerprint density at radius 1 is 1.29 bits per heavy atom. The Bertz CT molecular complexity index is 467. The number of Topliss-reactive ketones (excluding diaryl/α,β-unsaturated/α-hetero) is 1. The lowest BCUT2D eigenvalue weighted by Gasteiger charge is -2.07. The van der Waals surface area contributed by atoms with E-state index in [1.165, 1.54) is 7.05 Å². The summed E-state index contributed by atoms with van der Waals surface area (Å²) in [4.78, 5) is 35.9. The van der Waals surface area contributed by atoms with E-state index in [0.29, 0.717) is 5.56 Å². The summed E-state index contributed by atoms with van der Waals surface area (Å²) < 4.78 is 0. The van der Waals surface area contributed by atoms with Crippen LogP contribution in [0.5, 0.6) is 0 Å². The molecule has 0 spiro atoms. The van der Waals surface area contributed by atoms with Crippen LogP contribution < -0.4 is 0 Å². The van der Waals surface area contributed by atoms with Gasteiger partial charge in [0, 0.05) is 25.5 Å². The summed E-state index contributed by atoms with van der Waals surface area (Å²) in [5.74, 6) is -1.03. The van der Waals surface area contributed by atoms with Gasteiger partial charge >= 0.3 is 0 Å². The molecule has 1 fully saturated rings. The zero-order valence-corrected chi connectivity index (χ0v) is 9.55. The van der Waals surface area contributed by atoms with Crippen molar-refractivity contribution in [3.8, 4) is 0 Å². The van der Waals surface area contributed by atoms with Crippen molar-refractivity contribution >= 4 is 17.6 Å². The zero-order valence-electron chi connectivity index (χ0n) is 9.55. The largest absolute Gasteiger partial charge is 0.294 e. The van der Waals surface area contributed by atoms with Crippen molar-refractivity contribution in [2.24, 2.45) is 5.92 Å². The molecule has 1 aromatic rings. The van der Waals surface area contributed by atoms with Gasteiger partial charge in [0.1, 0.15) is 0 Å². The lowest BCUT2D eigenvalue weighted by atomic mass is 9.97. The molecule has 4 nitrogen and oxygen atoms in total. The molecular formula is C13H13NO3. The lowest BCUT2D eigenvalue weighted by Crippen LogP contribution is -2.26. The van der Waals surface area contributed by atoms with Crippen molar-refractivity contribution in [2.45, 2.75) is 12.8 Å². The van der Waals surface area contributed by atoms with Gasteiger partial charge in [-0.25, -0.2) is 0 Å². The third-order valence-electron chi connectivity index (χ3n) is 3.00. The van der Waals surface area contributed by atoms with E-state index in [1.807, 2.05) is 6.07 Å². The Morgan fingerprint density at radius 3 is 2.47 bits per heavy atom. The zero-order chi connectivity index (χ0) is 12.4. The topological polar surface area (TPSA) is 54.5 Å². The van der Waals surface area contributed by atoms with Crippen molar-refractivity contribution < 1.29 is 14.4 Å². The van der Waals surface area contributed by atoms with Crippen molar-refractivity contribution in [3.63, 3.8) is 0 Å². The number of nitrogens with zero attached hydrogens (tertiary/aromatic N) is 1. The first-order valence-electron chi connectivity index (χ1n) is 5.48. The second-order valence-electron chi connectivity index (χ2n) is 4.19. The van der Waals surface area contributed by atoms with Gasteiger partial charge < -0.3 is 0 Å². The molecule has 1 heterocycles. The molecular weight excluding hydrogens is 218 g/mol. The first-order chi connectivity index (χ1) is 8.09. The molecule has 0 saturated carbocycles. The number of rotatable bonds is 3. The molecule has 0 aromatic heterocycles. The molecule has 1 aliphatic rings. The molecule has 1 unspecified atom stereocenters. The minimum absolute atomic E-state index is 0.0907. The minimum Gasteiger partial charge on any atom is -0.294 e. The van der Waals surface area contributed by atoms with Crippen LogP contribution in [0.25, 0.3) is 0 Å². The van der Waals surface area contributed by atoms with E-state index < -0.39 is 5.92 Å². The average Bonchev–Trinajstić information content (AvgIpc) is 2.58. The molecule has 0 radical (unpaired) electrons. The summed E-state index contributed by atoms with van der Waals surface area (Å²) in [6.07, 6.45) is 0.257. The van der Waals surface area contributed by atoms with Crippen LogP contribution >= 0.6 is 0 Å². The van der Waals surface area contributed by atoms with E-state index in [1.54, 1.807) is 24.3 Å². The average molecular weight is 231 g/mol. The summed E-state index contributed by atoms with van der Waals surface area (Å²) in [6.45, 7) is 0. The predicted molar refractivity (Wildman–Crippen MR) is 61.3 cm³/mol. The van der Waals surface area contributed by atoms with Gasteiger partial charge in [0.25, 0.3) is 0 Å². The molecule has 17 heavy (non-hydrogen) atoms. The number of carbonyl (C=O) groups excluding carboxylic acids is 3. The Hall–Kier alpha value is -1.97. The number of hydrogen-bond donors (Lipinski definition) is 0. The number of carbonyl (C=O) groups is 3. The molecule has 0 bridgehead atoms. The van der Waals surface area contributed by atoms with Crippen LogP contribution in [0.4, 0.5) is 0 Å². The molecule has 0 aliphatic carbocycles. The highest BCUT2D eigenvalue weighted by Gasteiger charge is 2.37. The highest BCUT2D eigenvalue weighted by Crippen LogP contribution is 2.22. The van der Waals surface area contributed by atoms with E-state index in [9.17, 15) is 14.4 Å². The molecule has 4 heteroatoms. The van der Waals surface area contributed by atoms with Crippen LogP contribution in [0.1, 0.15) is 23.2 Å². The summed E-state index contributed by atoms with van der Waals surface area (Å²) in [6, 6.07) is 8.82. The molecule has 88 valence electrons. The van der Waals surface area contributed by atoms with Crippen molar-refractivity contribution in [1.82, 2.24) is 4.90 Å². The summed E-state index contributed by atoms with van der Waals surface area (Å²) in [5, 5.41) is 0. The second kappa shape index (κ2) is 4.49. The minimum atomic E-state index is -0.486. The Morgan fingerprint density at radius 2 is 1.94 bits per heavy atom. The second-order valence-corrected chi connectivity index (χ2v) is 4.19. The van der Waals surface area contributed by atoms with Gasteiger partial charge in [0.15, 0.2) is 5.78 Å². The normalized spacial score (nSPS) is 19.8. The van der Waals surface area contributed by atoms with Crippen LogP contribution in [0, 0.1) is 5.92 Å². The predicted octanol–water partition coefficient (Wildman–Crippen LogP) is 1.26. The third-order valence-corrected chi connectivity index (χ3v) is 3.00. The van der Waals surface area contributed by atoms with Gasteiger partial charge in [-0.1, -0.05) is 30.3 Å². The molecule has 2 rings (SSSR count). The monoisotopic (exact) mass is 231 g/mol. The Kier molecular flexibility index (Phi) is 3.04. The maximum Gasteiger partial charge on any atom is 0.232 e. The summed E-state index contributed by atoms with van der Waals surface area (Å²) >= 11 is 0. The Balaban J connectivity index is 2.06. The van der Waals surface area contributed by atoms with Crippen LogP contribution in [0.2, 0.25) is 0 Å². The number of likely N-dealkylation sites (tertiary alicyclic amines) is 1. The fraction of sp³-hybridized carbons (Fsp3) is 0.308. The van der Waals surface area contributed by atoms with Crippen molar-refractivity contribution in [3.05, 3.63) is 35.9 Å². The fourth-order valence-corrected chi connectivity index (χ4v) is 1.96. The van der Waals surface area contributed by atoms with E-state index in [2.05, 4.69) is 0 Å². The molecule has 0 N–H and O–H groups in total. The molecule has 1 saturated heterocycles. The summed E-state index contributed by atoms with van der Waals surface area (Å²) in [5.41, 5.74) is 0.585. The van der Waals surface area contributed by atoms with E-state index in [4.69, 9.17) is 0 Å². The van der Waals surface area contributed by atoms with Gasteiger partial charge in [-0.15, -0.1) is 0 Å². The number of hydrogen-bond acceptors (Lipinski definition) is 3. The highest BCUT2D eigenvalue weighted by atomic mass is 16.2. The maximum absolute atomic E-state index is 11.9. The number of imide groups is 1. The Labute approximate surface area is 99.2 Å². The van der Waals surface area contributed by atoms with Gasteiger partial charge in [-0.05, 0) is 0 Å². The smallest absolute Gasteiger partial charge is 0.232 e. The van der Waals surface area contributed by atoms with Crippen molar-refractivity contribution in [1.29, 1.82) is 0 Å². The van der Waals surface area contributed by atoms with E-state index in [-0.39, 0.29) is 30.4 Å². The maximum atomic E-state index is 11.9. The summed E-state index contributed by atoms with van der Waals surface area (Å²) in [7, 11) is 1.46.